The van der Waals surface area contributed by atoms with E-state index < -0.39 is 6.09 Å². The molecule has 0 spiro atoms. The highest BCUT2D eigenvalue weighted by Gasteiger charge is 2.25. The lowest BCUT2D eigenvalue weighted by Crippen LogP contribution is -2.33. The molecule has 1 saturated heterocycles. The summed E-state index contributed by atoms with van der Waals surface area (Å²) >= 11 is 0. The Labute approximate surface area is 186 Å². The largest absolute Gasteiger partial charge is 0.465 e. The van der Waals surface area contributed by atoms with Crippen LogP contribution in [0, 0.1) is 11.3 Å². The molecule has 2 N–H and O–H groups in total. The van der Waals surface area contributed by atoms with Gasteiger partial charge in [0.25, 0.3) is 0 Å². The third-order valence-corrected chi connectivity index (χ3v) is 5.74. The Bertz CT molecular complexity index is 1450. The fraction of sp³-hybridized carbons (Fsp3) is 0.333. The van der Waals surface area contributed by atoms with Gasteiger partial charge in [-0.05, 0) is 25.0 Å². The molecule has 0 bridgehead atoms. The van der Waals surface area contributed by atoms with Crippen molar-refractivity contribution in [3.8, 4) is 17.6 Å². The van der Waals surface area contributed by atoms with Crippen molar-refractivity contribution in [1.82, 2.24) is 33.8 Å². The van der Waals surface area contributed by atoms with Gasteiger partial charge in [-0.2, -0.15) is 5.26 Å². The summed E-state index contributed by atoms with van der Waals surface area (Å²) in [5.41, 5.74) is 2.44. The number of pyridine rings is 1. The van der Waals surface area contributed by atoms with Crippen molar-refractivity contribution in [3.63, 3.8) is 0 Å². The molecule has 1 aliphatic rings. The summed E-state index contributed by atoms with van der Waals surface area (Å²) in [6.45, 7) is 1.33. The monoisotopic (exact) mass is 448 g/mol. The number of aromatic nitrogens is 6. The molecular weight excluding hydrogens is 428 g/mol. The molecule has 0 aliphatic carbocycles. The lowest BCUT2D eigenvalue weighted by atomic mass is 10.1. The molecule has 5 rings (SSSR count). The van der Waals surface area contributed by atoms with Gasteiger partial charge in [0, 0.05) is 38.5 Å². The maximum absolute atomic E-state index is 13.3. The zero-order chi connectivity index (χ0) is 22.9. The number of hydrogen-bond acceptors (Lipinski definition) is 7. The number of nitriles is 1. The Balaban J connectivity index is 1.65. The Morgan fingerprint density at radius 3 is 2.85 bits per heavy atom. The quantitative estimate of drug-likeness (QED) is 0.465. The summed E-state index contributed by atoms with van der Waals surface area (Å²) in [5, 5.41) is 20.4. The molecule has 5 heterocycles. The number of imidazole rings is 2. The lowest BCUT2D eigenvalue weighted by molar-refractivity contribution is 0.0694. The van der Waals surface area contributed by atoms with E-state index in [9.17, 15) is 14.9 Å². The zero-order valence-electron chi connectivity index (χ0n) is 17.5. The van der Waals surface area contributed by atoms with Crippen LogP contribution < -0.4 is 11.0 Å². The predicted molar refractivity (Wildman–Crippen MR) is 116 cm³/mol. The van der Waals surface area contributed by atoms with Crippen molar-refractivity contribution < 1.29 is 14.6 Å². The zero-order valence-corrected chi connectivity index (χ0v) is 17.5. The fourth-order valence-corrected chi connectivity index (χ4v) is 4.16. The van der Waals surface area contributed by atoms with E-state index in [0.29, 0.717) is 59.9 Å². The highest BCUT2D eigenvalue weighted by molar-refractivity contribution is 5.74. The fourth-order valence-electron chi connectivity index (χ4n) is 4.16. The molecule has 0 atom stereocenters. The van der Waals surface area contributed by atoms with E-state index in [1.165, 1.54) is 4.57 Å². The first-order valence-corrected chi connectivity index (χ1v) is 10.5. The smallest absolute Gasteiger partial charge is 0.404 e. The van der Waals surface area contributed by atoms with E-state index in [-0.39, 0.29) is 24.8 Å². The number of nitrogens with one attached hydrogen (secondary N) is 1. The molecule has 168 valence electrons. The average Bonchev–Trinajstić information content (AvgIpc) is 3.37. The Morgan fingerprint density at radius 1 is 1.27 bits per heavy atom. The van der Waals surface area contributed by atoms with Crippen molar-refractivity contribution >= 4 is 22.9 Å². The SMILES string of the molecule is N#Cc1ccc2ncc(-c3ncc4c(n3)n(C3CCOCC3)c(=O)n4CCNC(=O)O)n2c1. The van der Waals surface area contributed by atoms with Crippen molar-refractivity contribution in [2.75, 3.05) is 19.8 Å². The molecule has 0 radical (unpaired) electrons. The molecule has 33 heavy (non-hydrogen) atoms. The highest BCUT2D eigenvalue weighted by Crippen LogP contribution is 2.25. The minimum Gasteiger partial charge on any atom is -0.465 e. The molecule has 0 aromatic carbocycles. The molecule has 4 aromatic rings. The van der Waals surface area contributed by atoms with E-state index in [0.717, 1.165) is 0 Å². The van der Waals surface area contributed by atoms with E-state index >= 15 is 0 Å². The Morgan fingerprint density at radius 2 is 2.09 bits per heavy atom. The number of carbonyl (C=O) groups is 1. The molecule has 1 aliphatic heterocycles. The van der Waals surface area contributed by atoms with Gasteiger partial charge in [0.2, 0.25) is 0 Å². The summed E-state index contributed by atoms with van der Waals surface area (Å²) in [6, 6.07) is 5.45. The van der Waals surface area contributed by atoms with Crippen LogP contribution in [0.2, 0.25) is 0 Å². The first kappa shape index (κ1) is 20.7. The first-order valence-electron chi connectivity index (χ1n) is 10.5. The molecule has 1 amide bonds. The van der Waals surface area contributed by atoms with Crippen molar-refractivity contribution in [2.24, 2.45) is 0 Å². The van der Waals surface area contributed by atoms with Crippen LogP contribution in [0.1, 0.15) is 24.4 Å². The van der Waals surface area contributed by atoms with Crippen LogP contribution in [0.4, 0.5) is 4.79 Å². The molecular formula is C21H20N8O4. The van der Waals surface area contributed by atoms with Gasteiger partial charge in [-0.1, -0.05) is 0 Å². The average molecular weight is 448 g/mol. The van der Waals surface area contributed by atoms with Gasteiger partial charge in [0.05, 0.1) is 18.0 Å². The van der Waals surface area contributed by atoms with Crippen LogP contribution in [-0.2, 0) is 11.3 Å². The number of carboxylic acid groups (broad SMARTS) is 1. The van der Waals surface area contributed by atoms with Crippen LogP contribution >= 0.6 is 0 Å². The van der Waals surface area contributed by atoms with E-state index in [4.69, 9.17) is 14.8 Å². The topological polar surface area (TPSA) is 152 Å². The van der Waals surface area contributed by atoms with Gasteiger partial charge in [-0.25, -0.2) is 24.5 Å². The maximum Gasteiger partial charge on any atom is 0.404 e. The van der Waals surface area contributed by atoms with Gasteiger partial charge < -0.3 is 15.2 Å². The summed E-state index contributed by atoms with van der Waals surface area (Å²) in [6.07, 6.45) is 5.06. The number of nitrogens with zero attached hydrogens (tertiary/aromatic N) is 7. The minimum atomic E-state index is -1.15. The molecule has 12 heteroatoms. The first-order chi connectivity index (χ1) is 16.1. The van der Waals surface area contributed by atoms with E-state index in [1.54, 1.807) is 39.7 Å². The summed E-state index contributed by atoms with van der Waals surface area (Å²) in [4.78, 5) is 37.8. The van der Waals surface area contributed by atoms with Crippen LogP contribution in [0.15, 0.2) is 35.5 Å². The summed E-state index contributed by atoms with van der Waals surface area (Å²) in [5.74, 6) is 0.367. The van der Waals surface area contributed by atoms with Gasteiger partial charge in [0.1, 0.15) is 22.9 Å². The minimum absolute atomic E-state index is 0.0775. The van der Waals surface area contributed by atoms with Crippen molar-refractivity contribution in [2.45, 2.75) is 25.4 Å². The molecule has 12 nitrogen and oxygen atoms in total. The lowest BCUT2D eigenvalue weighted by Gasteiger charge is -2.22. The molecule has 4 aromatic heterocycles. The molecule has 0 saturated carbocycles. The number of amides is 1. The van der Waals surface area contributed by atoms with Gasteiger partial charge in [0.15, 0.2) is 11.5 Å². The van der Waals surface area contributed by atoms with Crippen LogP contribution in [0.3, 0.4) is 0 Å². The van der Waals surface area contributed by atoms with Gasteiger partial charge >= 0.3 is 11.8 Å². The highest BCUT2D eigenvalue weighted by atomic mass is 16.5. The number of ether oxygens (including phenoxy) is 1. The molecule has 0 unspecified atom stereocenters. The second kappa shape index (κ2) is 8.36. The van der Waals surface area contributed by atoms with Gasteiger partial charge in [-0.3, -0.25) is 13.5 Å². The number of hydrogen-bond donors (Lipinski definition) is 2. The number of fused-ring (bicyclic) bond motifs is 2. The van der Waals surface area contributed by atoms with Crippen LogP contribution in [-0.4, -0.2) is 59.4 Å². The second-order valence-electron chi connectivity index (χ2n) is 7.68. The third kappa shape index (κ3) is 3.68. The Hall–Kier alpha value is -4.24. The Kier molecular flexibility index (Phi) is 5.23. The van der Waals surface area contributed by atoms with Crippen molar-refractivity contribution in [3.05, 3.63) is 46.8 Å². The van der Waals surface area contributed by atoms with Crippen LogP contribution in [0.25, 0.3) is 28.3 Å². The standard InChI is InChI=1S/C21H20N8O4/c22-9-13-1-2-17-24-10-15(28(17)12-13)18-25-11-16-19(26-18)29(14-3-7-33-8-4-14)21(32)27(16)6-5-23-20(30)31/h1-2,10-12,14,23H,3-8H2,(H,30,31). The number of rotatable bonds is 5. The van der Waals surface area contributed by atoms with Crippen LogP contribution in [0.5, 0.6) is 0 Å². The van der Waals surface area contributed by atoms with Crippen molar-refractivity contribution in [1.29, 1.82) is 5.26 Å². The predicted octanol–water partition coefficient (Wildman–Crippen LogP) is 1.40. The summed E-state index contributed by atoms with van der Waals surface area (Å²) in [7, 11) is 0. The van der Waals surface area contributed by atoms with E-state index in [1.807, 2.05) is 0 Å². The summed E-state index contributed by atoms with van der Waals surface area (Å²) < 4.78 is 10.3. The third-order valence-electron chi connectivity index (χ3n) is 5.74. The normalized spacial score (nSPS) is 14.5. The second-order valence-corrected chi connectivity index (χ2v) is 7.68. The van der Waals surface area contributed by atoms with E-state index in [2.05, 4.69) is 21.4 Å². The van der Waals surface area contributed by atoms with Gasteiger partial charge in [-0.15, -0.1) is 0 Å². The maximum atomic E-state index is 13.3. The molecule has 1 fully saturated rings.